The van der Waals surface area contributed by atoms with E-state index in [1.165, 1.54) is 0 Å². The van der Waals surface area contributed by atoms with Crippen LogP contribution in [0.3, 0.4) is 0 Å². The average molecular weight is 462 g/mol. The summed E-state index contributed by atoms with van der Waals surface area (Å²) in [6.45, 7) is 2.16. The Hall–Kier alpha value is -4.17. The zero-order valence-electron chi connectivity index (χ0n) is 17.7. The summed E-state index contributed by atoms with van der Waals surface area (Å²) in [6.07, 6.45) is 0. The lowest BCUT2D eigenvalue weighted by Crippen LogP contribution is -2.25. The Balaban J connectivity index is 1.39. The molecule has 0 aliphatic carbocycles. The number of carbonyl (C=O) groups is 1. The number of ether oxygens (including phenoxy) is 1. The molecular formula is C24H20ClN5O3. The van der Waals surface area contributed by atoms with Crippen LogP contribution in [0.2, 0.25) is 5.02 Å². The van der Waals surface area contributed by atoms with Crippen LogP contribution < -0.4 is 15.5 Å². The van der Waals surface area contributed by atoms with Gasteiger partial charge in [0, 0.05) is 5.02 Å². The molecule has 2 N–H and O–H groups in total. The van der Waals surface area contributed by atoms with Crippen molar-refractivity contribution in [1.29, 1.82) is 0 Å². The van der Waals surface area contributed by atoms with Gasteiger partial charge in [-0.1, -0.05) is 71.3 Å². The van der Waals surface area contributed by atoms with Crippen LogP contribution in [0.5, 0.6) is 5.75 Å². The molecule has 0 aliphatic heterocycles. The van der Waals surface area contributed by atoms with Crippen molar-refractivity contribution in [2.75, 3.05) is 5.32 Å². The van der Waals surface area contributed by atoms with E-state index in [-0.39, 0.29) is 11.9 Å². The van der Waals surface area contributed by atoms with Crippen molar-refractivity contribution in [3.63, 3.8) is 0 Å². The van der Waals surface area contributed by atoms with E-state index in [1.807, 2.05) is 60.7 Å². The topological polar surface area (TPSA) is 102 Å². The van der Waals surface area contributed by atoms with Gasteiger partial charge >= 0.3 is 12.0 Å². The lowest BCUT2D eigenvalue weighted by molar-refractivity contribution is 0.252. The molecular weight excluding hydrogens is 442 g/mol. The molecule has 3 aromatic carbocycles. The maximum Gasteiger partial charge on any atom is 0.343 e. The normalized spacial score (nSPS) is 11.2. The van der Waals surface area contributed by atoms with Crippen molar-refractivity contribution in [3.8, 4) is 17.2 Å². The van der Waals surface area contributed by atoms with Gasteiger partial charge in [-0.15, -0.1) is 5.10 Å². The fourth-order valence-electron chi connectivity index (χ4n) is 2.90. The molecule has 0 radical (unpaired) electrons. The average Bonchev–Trinajstić information content (AvgIpc) is 3.30. The maximum atomic E-state index is 12.2. The SMILES string of the molecule is C/C(=N\NC(=O)Nc1nnc(-c2ccccc2OCc2ccccc2)o1)c1ccc(Cl)cc1. The number of amides is 2. The highest BCUT2D eigenvalue weighted by atomic mass is 35.5. The van der Waals surface area contributed by atoms with E-state index in [4.69, 9.17) is 20.8 Å². The minimum Gasteiger partial charge on any atom is -0.488 e. The van der Waals surface area contributed by atoms with Crippen molar-refractivity contribution >= 4 is 29.4 Å². The molecule has 0 saturated carbocycles. The minimum absolute atomic E-state index is 0.0697. The minimum atomic E-state index is -0.618. The van der Waals surface area contributed by atoms with Crippen molar-refractivity contribution in [1.82, 2.24) is 15.6 Å². The van der Waals surface area contributed by atoms with Gasteiger partial charge in [-0.3, -0.25) is 5.32 Å². The molecule has 166 valence electrons. The van der Waals surface area contributed by atoms with Crippen LogP contribution in [0.1, 0.15) is 18.1 Å². The first-order valence-corrected chi connectivity index (χ1v) is 10.4. The van der Waals surface area contributed by atoms with Gasteiger partial charge < -0.3 is 9.15 Å². The van der Waals surface area contributed by atoms with E-state index in [9.17, 15) is 4.79 Å². The smallest absolute Gasteiger partial charge is 0.343 e. The molecule has 0 aliphatic rings. The van der Waals surface area contributed by atoms with Crippen LogP contribution in [0.25, 0.3) is 11.5 Å². The zero-order valence-corrected chi connectivity index (χ0v) is 18.4. The predicted molar refractivity (Wildman–Crippen MR) is 126 cm³/mol. The Morgan fingerprint density at radius 2 is 1.73 bits per heavy atom. The molecule has 0 spiro atoms. The largest absolute Gasteiger partial charge is 0.488 e. The molecule has 1 heterocycles. The van der Waals surface area contributed by atoms with Crippen LogP contribution in [-0.4, -0.2) is 21.9 Å². The molecule has 0 fully saturated rings. The van der Waals surface area contributed by atoms with Crippen molar-refractivity contribution in [2.24, 2.45) is 5.10 Å². The maximum absolute atomic E-state index is 12.2. The number of rotatable bonds is 7. The predicted octanol–water partition coefficient (Wildman–Crippen LogP) is 5.51. The highest BCUT2D eigenvalue weighted by Gasteiger charge is 2.15. The van der Waals surface area contributed by atoms with Crippen LogP contribution in [0.4, 0.5) is 10.8 Å². The Kier molecular flexibility index (Phi) is 6.96. The number of hydrazone groups is 1. The van der Waals surface area contributed by atoms with Crippen molar-refractivity contribution in [3.05, 3.63) is 95.0 Å². The molecule has 33 heavy (non-hydrogen) atoms. The number of benzene rings is 3. The van der Waals surface area contributed by atoms with Gasteiger partial charge in [0.2, 0.25) is 0 Å². The second-order valence-corrected chi connectivity index (χ2v) is 7.39. The van der Waals surface area contributed by atoms with E-state index in [0.29, 0.717) is 28.7 Å². The number of halogens is 1. The molecule has 0 bridgehead atoms. The summed E-state index contributed by atoms with van der Waals surface area (Å²) in [5.74, 6) is 0.805. The van der Waals surface area contributed by atoms with E-state index >= 15 is 0 Å². The summed E-state index contributed by atoms with van der Waals surface area (Å²) < 4.78 is 11.5. The molecule has 4 rings (SSSR count). The Labute approximate surface area is 195 Å². The summed E-state index contributed by atoms with van der Waals surface area (Å²) in [7, 11) is 0. The van der Waals surface area contributed by atoms with Gasteiger partial charge in [-0.05, 0) is 42.3 Å². The molecule has 0 unspecified atom stereocenters. The zero-order chi connectivity index (χ0) is 23.0. The summed E-state index contributed by atoms with van der Waals surface area (Å²) >= 11 is 5.88. The van der Waals surface area contributed by atoms with Gasteiger partial charge in [0.1, 0.15) is 12.4 Å². The first kappa shape index (κ1) is 22.0. The fraction of sp³-hybridized carbons (Fsp3) is 0.0833. The molecule has 0 saturated heterocycles. The Morgan fingerprint density at radius 1 is 1.00 bits per heavy atom. The van der Waals surface area contributed by atoms with Gasteiger partial charge in [-0.2, -0.15) is 5.10 Å². The standard InChI is InChI=1S/C24H20ClN5O3/c1-16(18-11-13-19(25)14-12-18)27-29-23(31)26-24-30-28-22(33-24)20-9-5-6-10-21(20)32-15-17-7-3-2-4-8-17/h2-14H,15H2,1H3,(H2,26,29,30,31)/b27-16+. The third-order valence-corrected chi connectivity index (χ3v) is 4.84. The number of aromatic nitrogens is 2. The molecule has 8 nitrogen and oxygen atoms in total. The molecule has 0 atom stereocenters. The Morgan fingerprint density at radius 3 is 2.52 bits per heavy atom. The van der Waals surface area contributed by atoms with Crippen molar-refractivity contribution in [2.45, 2.75) is 13.5 Å². The number of para-hydroxylation sites is 1. The van der Waals surface area contributed by atoms with Gasteiger partial charge in [0.05, 0.1) is 11.3 Å². The van der Waals surface area contributed by atoms with Crippen LogP contribution in [0.15, 0.2) is 88.4 Å². The van der Waals surface area contributed by atoms with Gasteiger partial charge in [0.15, 0.2) is 0 Å². The van der Waals surface area contributed by atoms with Crippen LogP contribution in [0, 0.1) is 0 Å². The summed E-state index contributed by atoms with van der Waals surface area (Å²) in [5, 5.41) is 15.0. The van der Waals surface area contributed by atoms with E-state index in [0.717, 1.165) is 11.1 Å². The monoisotopic (exact) mass is 461 g/mol. The lowest BCUT2D eigenvalue weighted by atomic mass is 10.1. The van der Waals surface area contributed by atoms with Crippen LogP contribution in [-0.2, 0) is 6.61 Å². The number of carbonyl (C=O) groups excluding carboxylic acids is 1. The van der Waals surface area contributed by atoms with E-state index in [2.05, 4.69) is 26.0 Å². The molecule has 4 aromatic rings. The highest BCUT2D eigenvalue weighted by Crippen LogP contribution is 2.30. The highest BCUT2D eigenvalue weighted by molar-refractivity contribution is 6.30. The lowest BCUT2D eigenvalue weighted by Gasteiger charge is -2.09. The summed E-state index contributed by atoms with van der Waals surface area (Å²) in [5.41, 5.74) is 5.48. The third-order valence-electron chi connectivity index (χ3n) is 4.59. The summed E-state index contributed by atoms with van der Waals surface area (Å²) in [6, 6.07) is 23.5. The van der Waals surface area contributed by atoms with Crippen molar-refractivity contribution < 1.29 is 13.9 Å². The van der Waals surface area contributed by atoms with E-state index in [1.54, 1.807) is 25.1 Å². The van der Waals surface area contributed by atoms with E-state index < -0.39 is 6.03 Å². The molecule has 2 amide bonds. The fourth-order valence-corrected chi connectivity index (χ4v) is 3.03. The number of hydrogen-bond donors (Lipinski definition) is 2. The number of anilines is 1. The van der Waals surface area contributed by atoms with Gasteiger partial charge in [0.25, 0.3) is 5.89 Å². The van der Waals surface area contributed by atoms with Gasteiger partial charge in [-0.25, -0.2) is 10.2 Å². The number of hydrogen-bond acceptors (Lipinski definition) is 6. The first-order chi connectivity index (χ1) is 16.1. The summed E-state index contributed by atoms with van der Waals surface area (Å²) in [4.78, 5) is 12.2. The third kappa shape index (κ3) is 5.96. The Bertz CT molecular complexity index is 1260. The van der Waals surface area contributed by atoms with Crippen LogP contribution >= 0.6 is 11.6 Å². The first-order valence-electron chi connectivity index (χ1n) is 10.1. The number of urea groups is 1. The molecule has 9 heteroatoms. The second kappa shape index (κ2) is 10.4. The number of nitrogens with one attached hydrogen (secondary N) is 2. The second-order valence-electron chi connectivity index (χ2n) is 6.95. The quantitative estimate of drug-likeness (QED) is 0.279. The molecule has 1 aromatic heterocycles. The number of nitrogens with zero attached hydrogens (tertiary/aromatic N) is 3.